The van der Waals surface area contributed by atoms with E-state index in [4.69, 9.17) is 23.2 Å². The van der Waals surface area contributed by atoms with Gasteiger partial charge in [-0.2, -0.15) is 18.3 Å². The largest absolute Gasteiger partial charge is 0.416 e. The first kappa shape index (κ1) is 28.4. The van der Waals surface area contributed by atoms with Crippen molar-refractivity contribution in [1.82, 2.24) is 19.8 Å². The number of carbonyl (C=O) groups is 1. The van der Waals surface area contributed by atoms with E-state index in [0.29, 0.717) is 60.4 Å². The Labute approximate surface area is 229 Å². The lowest BCUT2D eigenvalue weighted by atomic mass is 9.92. The molecule has 1 aromatic carbocycles. The first-order valence-electron chi connectivity index (χ1n) is 11.2. The van der Waals surface area contributed by atoms with Crippen LogP contribution in [0.3, 0.4) is 0 Å². The van der Waals surface area contributed by atoms with Gasteiger partial charge in [-0.15, -0.1) is 11.3 Å². The molecule has 0 aliphatic heterocycles. The first-order valence-corrected chi connectivity index (χ1v) is 14.2. The van der Waals surface area contributed by atoms with Crippen LogP contribution in [0.25, 0.3) is 5.57 Å². The zero-order valence-corrected chi connectivity index (χ0v) is 22.6. The van der Waals surface area contributed by atoms with Crippen LogP contribution in [0.1, 0.15) is 35.2 Å². The summed E-state index contributed by atoms with van der Waals surface area (Å²) < 4.78 is 81.4. The summed E-state index contributed by atoms with van der Waals surface area (Å²) in [5, 5.41) is 6.55. The van der Waals surface area contributed by atoms with Crippen molar-refractivity contribution in [1.29, 1.82) is 0 Å². The van der Waals surface area contributed by atoms with Gasteiger partial charge in [0, 0.05) is 12.1 Å². The summed E-state index contributed by atoms with van der Waals surface area (Å²) in [7, 11) is -4.25. The number of hydrogen-bond acceptors (Lipinski definition) is 5. The number of nitrogens with one attached hydrogen (secondary N) is 2. The minimum absolute atomic E-state index is 0.0243. The fourth-order valence-electron chi connectivity index (χ4n) is 3.99. The van der Waals surface area contributed by atoms with Crippen molar-refractivity contribution < 1.29 is 30.8 Å². The minimum Gasteiger partial charge on any atom is -0.331 e. The molecule has 38 heavy (non-hydrogen) atoms. The molecule has 7 nitrogen and oxygen atoms in total. The second-order valence-corrected chi connectivity index (χ2v) is 12.4. The highest BCUT2D eigenvalue weighted by Crippen LogP contribution is 2.35. The average Bonchev–Trinajstić information content (AvgIpc) is 3.43. The van der Waals surface area contributed by atoms with Crippen molar-refractivity contribution in [2.75, 3.05) is 6.54 Å². The molecule has 204 valence electrons. The Kier molecular flexibility index (Phi) is 8.40. The summed E-state index contributed by atoms with van der Waals surface area (Å²) in [5.41, 5.74) is 1.62. The van der Waals surface area contributed by atoms with Crippen LogP contribution in [-0.2, 0) is 35.6 Å². The number of hydrogen-bond donors (Lipinski definition) is 2. The number of fused-ring (bicyclic) bond motifs is 1. The molecule has 0 saturated carbocycles. The molecule has 1 aliphatic carbocycles. The highest BCUT2D eigenvalue weighted by atomic mass is 35.5. The van der Waals surface area contributed by atoms with Gasteiger partial charge in [-0.1, -0.05) is 35.3 Å². The van der Waals surface area contributed by atoms with Gasteiger partial charge in [0.2, 0.25) is 0 Å². The Balaban J connectivity index is 1.43. The van der Waals surface area contributed by atoms with Crippen LogP contribution in [0.5, 0.6) is 0 Å². The number of nitrogens with zero attached hydrogens (tertiary/aromatic N) is 2. The third-order valence-corrected chi connectivity index (χ3v) is 9.48. The number of sulfonamides is 1. The summed E-state index contributed by atoms with van der Waals surface area (Å²) in [4.78, 5) is 12.2. The third-order valence-electron chi connectivity index (χ3n) is 5.81. The van der Waals surface area contributed by atoms with E-state index in [1.54, 1.807) is 15.6 Å². The summed E-state index contributed by atoms with van der Waals surface area (Å²) in [5.74, 6) is -0.656. The lowest BCUT2D eigenvalue weighted by Crippen LogP contribution is -2.39. The van der Waals surface area contributed by atoms with E-state index in [1.807, 2.05) is 0 Å². The summed E-state index contributed by atoms with van der Waals surface area (Å²) in [6.07, 6.45) is -0.726. The fourth-order valence-corrected chi connectivity index (χ4v) is 6.80. The molecule has 0 unspecified atom stereocenters. The number of thiophene rings is 1. The number of rotatable bonds is 7. The van der Waals surface area contributed by atoms with Crippen molar-refractivity contribution in [3.63, 3.8) is 0 Å². The van der Waals surface area contributed by atoms with Crippen molar-refractivity contribution in [2.45, 2.75) is 42.6 Å². The maximum absolute atomic E-state index is 15.2. The molecule has 3 aromatic rings. The van der Waals surface area contributed by atoms with Crippen molar-refractivity contribution in [3.05, 3.63) is 74.1 Å². The molecule has 4 rings (SSSR count). The van der Waals surface area contributed by atoms with E-state index in [1.165, 1.54) is 12.1 Å². The lowest BCUT2D eigenvalue weighted by Gasteiger charge is -2.19. The van der Waals surface area contributed by atoms with Gasteiger partial charge < -0.3 is 5.32 Å². The van der Waals surface area contributed by atoms with Crippen LogP contribution < -0.4 is 10.0 Å². The molecular weight excluding hydrogens is 591 g/mol. The number of alkyl halides is 3. The van der Waals surface area contributed by atoms with Gasteiger partial charge >= 0.3 is 12.2 Å². The summed E-state index contributed by atoms with van der Waals surface area (Å²) in [6, 6.07) is 4.78. The first-order chi connectivity index (χ1) is 17.8. The molecule has 2 N–H and O–H groups in total. The lowest BCUT2D eigenvalue weighted by molar-refractivity contribution is -0.137. The number of halogens is 6. The maximum atomic E-state index is 15.2. The van der Waals surface area contributed by atoms with E-state index in [2.05, 4.69) is 10.4 Å². The molecular formula is C23H20Cl2F4N4O3S2. The predicted octanol–water partition coefficient (Wildman–Crippen LogP) is 6.22. The molecule has 15 heteroatoms. The van der Waals surface area contributed by atoms with E-state index in [-0.39, 0.29) is 13.6 Å². The Bertz CT molecular complexity index is 1460. The average molecular weight is 611 g/mol. The maximum Gasteiger partial charge on any atom is 0.416 e. The number of aryl methyl sites for hydroxylation is 3. The normalized spacial score (nSPS) is 15.2. The van der Waals surface area contributed by atoms with Gasteiger partial charge in [-0.25, -0.2) is 22.3 Å². The zero-order valence-electron chi connectivity index (χ0n) is 19.4. The van der Waals surface area contributed by atoms with E-state index in [0.717, 1.165) is 23.8 Å². The second kappa shape index (κ2) is 11.2. The van der Waals surface area contributed by atoms with Crippen LogP contribution in [0, 0.1) is 0 Å². The Morgan fingerprint density at radius 3 is 2.50 bits per heavy atom. The second-order valence-electron chi connectivity index (χ2n) is 8.40. The molecule has 0 bridgehead atoms. The molecule has 0 atom stereocenters. The van der Waals surface area contributed by atoms with Crippen molar-refractivity contribution in [2.24, 2.45) is 0 Å². The predicted molar refractivity (Wildman–Crippen MR) is 136 cm³/mol. The van der Waals surface area contributed by atoms with Crippen LogP contribution in [0.4, 0.5) is 22.4 Å². The van der Waals surface area contributed by atoms with Gasteiger partial charge in [0.05, 0.1) is 29.0 Å². The topological polar surface area (TPSA) is 93.1 Å². The molecule has 0 saturated heterocycles. The molecule has 0 spiro atoms. The Morgan fingerprint density at radius 2 is 1.87 bits per heavy atom. The SMILES string of the molecule is O=C(NC/C(F)=C1\CCCc2cnn(CCc3ccc(C(F)(F)F)cc3)c21)NS(=O)(=O)c1cc(Cl)c(Cl)s1. The van der Waals surface area contributed by atoms with Gasteiger partial charge in [0.1, 0.15) is 14.4 Å². The molecule has 0 radical (unpaired) electrons. The van der Waals surface area contributed by atoms with E-state index in [9.17, 15) is 26.4 Å². The number of carbonyl (C=O) groups excluding carboxylic acids is 1. The highest BCUT2D eigenvalue weighted by molar-refractivity contribution is 7.92. The smallest absolute Gasteiger partial charge is 0.331 e. The summed E-state index contributed by atoms with van der Waals surface area (Å²) in [6.45, 7) is -0.262. The van der Waals surface area contributed by atoms with Crippen molar-refractivity contribution in [3.8, 4) is 0 Å². The van der Waals surface area contributed by atoms with Gasteiger partial charge in [0.15, 0.2) is 0 Å². The van der Waals surface area contributed by atoms with Crippen LogP contribution >= 0.6 is 34.5 Å². The van der Waals surface area contributed by atoms with Crippen LogP contribution in [-0.4, -0.2) is 30.8 Å². The zero-order chi connectivity index (χ0) is 27.7. The number of allylic oxidation sites excluding steroid dienone is 1. The minimum atomic E-state index is -4.42. The number of amides is 2. The quantitative estimate of drug-likeness (QED) is 0.311. The molecule has 1 aliphatic rings. The standard InChI is InChI=1S/C23H20Cl2F4N4O3S2/c24-17-10-19(37-21(17)25)38(35,36)32-22(34)30-12-18(26)16-3-1-2-14-11-31-33(20(14)16)9-8-13-4-6-15(7-5-13)23(27,28)29/h4-7,10-11H,1-3,8-9,12H2,(H2,30,32,34)/b18-16-. The fraction of sp³-hybridized carbons (Fsp3) is 0.304. The van der Waals surface area contributed by atoms with Gasteiger partial charge in [-0.3, -0.25) is 4.68 Å². The van der Waals surface area contributed by atoms with E-state index < -0.39 is 40.2 Å². The molecule has 0 fully saturated rings. The van der Waals surface area contributed by atoms with Crippen LogP contribution in [0.15, 0.2) is 46.6 Å². The van der Waals surface area contributed by atoms with Gasteiger partial charge in [0.25, 0.3) is 10.0 Å². The number of aromatic nitrogens is 2. The highest BCUT2D eigenvalue weighted by Gasteiger charge is 2.30. The van der Waals surface area contributed by atoms with E-state index >= 15 is 4.39 Å². The van der Waals surface area contributed by atoms with Gasteiger partial charge in [-0.05, 0) is 55.0 Å². The Morgan fingerprint density at radius 1 is 1.16 bits per heavy atom. The van der Waals surface area contributed by atoms with Crippen LogP contribution in [0.2, 0.25) is 9.36 Å². The molecule has 2 amide bonds. The molecule has 2 aromatic heterocycles. The Hall–Kier alpha value is -2.61. The summed E-state index contributed by atoms with van der Waals surface area (Å²) >= 11 is 12.2. The number of urea groups is 1. The third kappa shape index (κ3) is 6.50. The number of benzene rings is 1. The van der Waals surface area contributed by atoms with Crippen molar-refractivity contribution >= 4 is 56.2 Å². The monoisotopic (exact) mass is 610 g/mol. The molecule has 2 heterocycles.